The molecule has 0 spiro atoms. The monoisotopic (exact) mass is 341 g/mol. The first kappa shape index (κ1) is 18.1. The van der Waals surface area contributed by atoms with Gasteiger partial charge in [0.05, 0.1) is 12.1 Å². The van der Waals surface area contributed by atoms with Gasteiger partial charge in [-0.15, -0.1) is 0 Å². The molecule has 0 unspecified atom stereocenters. The average molecular weight is 341 g/mol. The van der Waals surface area contributed by atoms with Crippen molar-refractivity contribution in [2.24, 2.45) is 0 Å². The second kappa shape index (κ2) is 8.58. The Kier molecular flexibility index (Phi) is 6.48. The number of carbonyl (C=O) groups is 2. The maximum Gasteiger partial charge on any atom is 0.387 e. The molecular weight excluding hydrogens is 320 g/mol. The minimum absolute atomic E-state index is 0.0458. The quantitative estimate of drug-likeness (QED) is 0.816. The van der Waals surface area contributed by atoms with Gasteiger partial charge in [-0.05, 0) is 25.0 Å². The lowest BCUT2D eigenvalue weighted by Crippen LogP contribution is -2.47. The molecule has 0 radical (unpaired) electrons. The number of benzene rings is 1. The third kappa shape index (κ3) is 5.16. The maximum absolute atomic E-state index is 12.4. The zero-order valence-corrected chi connectivity index (χ0v) is 13.4. The molecule has 0 atom stereocenters. The Labute approximate surface area is 139 Å². The van der Waals surface area contributed by atoms with Gasteiger partial charge in [-0.25, -0.2) is 0 Å². The molecule has 0 aromatic heterocycles. The second-order valence-electron chi connectivity index (χ2n) is 5.57. The minimum Gasteiger partial charge on any atom is -0.434 e. The molecule has 2 N–H and O–H groups in total. The first-order valence-electron chi connectivity index (χ1n) is 7.77. The van der Waals surface area contributed by atoms with Crippen LogP contribution in [0.15, 0.2) is 24.3 Å². The number of hydrogen-bond acceptors (Lipinski definition) is 4. The molecule has 1 aliphatic heterocycles. The lowest BCUT2D eigenvalue weighted by atomic mass is 10.0. The van der Waals surface area contributed by atoms with E-state index < -0.39 is 12.5 Å². The van der Waals surface area contributed by atoms with Crippen LogP contribution in [0.5, 0.6) is 5.75 Å². The van der Waals surface area contributed by atoms with Crippen molar-refractivity contribution in [3.05, 3.63) is 29.8 Å². The highest BCUT2D eigenvalue weighted by molar-refractivity contribution is 5.97. The Morgan fingerprint density at radius 3 is 2.58 bits per heavy atom. The molecule has 1 fully saturated rings. The van der Waals surface area contributed by atoms with Crippen LogP contribution in [0.25, 0.3) is 0 Å². The Bertz CT molecular complexity index is 575. The van der Waals surface area contributed by atoms with E-state index in [0.717, 1.165) is 0 Å². The number of hydrogen-bond donors (Lipinski definition) is 2. The standard InChI is InChI=1S/C16H21F2N3O3/c1-19-14(22)10-21-8-6-11(7-9-21)20-15(23)12-4-2-3-5-13(12)24-16(17)18/h2-5,11,16H,6-10H2,1H3,(H,19,22)(H,20,23). The number of alkyl halides is 2. The van der Waals surface area contributed by atoms with Crippen LogP contribution in [0.4, 0.5) is 8.78 Å². The van der Waals surface area contributed by atoms with E-state index >= 15 is 0 Å². The number of carbonyl (C=O) groups excluding carboxylic acids is 2. The fraction of sp³-hybridized carbons (Fsp3) is 0.500. The van der Waals surface area contributed by atoms with E-state index in [0.29, 0.717) is 32.5 Å². The third-order valence-electron chi connectivity index (χ3n) is 3.92. The number of nitrogens with one attached hydrogen (secondary N) is 2. The molecule has 1 aromatic rings. The molecule has 6 nitrogen and oxygen atoms in total. The normalized spacial score (nSPS) is 16.0. The molecule has 0 bridgehead atoms. The maximum atomic E-state index is 12.4. The first-order chi connectivity index (χ1) is 11.5. The zero-order chi connectivity index (χ0) is 17.5. The Hall–Kier alpha value is -2.22. The lowest BCUT2D eigenvalue weighted by Gasteiger charge is -2.31. The van der Waals surface area contributed by atoms with Crippen molar-refractivity contribution in [3.63, 3.8) is 0 Å². The van der Waals surface area contributed by atoms with Crippen LogP contribution < -0.4 is 15.4 Å². The van der Waals surface area contributed by atoms with E-state index in [1.165, 1.54) is 18.2 Å². The molecular formula is C16H21F2N3O3. The second-order valence-corrected chi connectivity index (χ2v) is 5.57. The van der Waals surface area contributed by atoms with Gasteiger partial charge in [0.25, 0.3) is 5.91 Å². The van der Waals surface area contributed by atoms with Gasteiger partial charge in [0.15, 0.2) is 0 Å². The van der Waals surface area contributed by atoms with Crippen LogP contribution in [-0.2, 0) is 4.79 Å². The largest absolute Gasteiger partial charge is 0.434 e. The molecule has 1 heterocycles. The predicted octanol–water partition coefficient (Wildman–Crippen LogP) is 1.23. The topological polar surface area (TPSA) is 70.7 Å². The number of piperidine rings is 1. The number of likely N-dealkylation sites (N-methyl/N-ethyl adjacent to an activating group) is 1. The summed E-state index contributed by atoms with van der Waals surface area (Å²) in [7, 11) is 1.59. The highest BCUT2D eigenvalue weighted by atomic mass is 19.3. The van der Waals surface area contributed by atoms with Crippen LogP contribution in [0.3, 0.4) is 0 Å². The van der Waals surface area contributed by atoms with Crippen molar-refractivity contribution in [3.8, 4) is 5.75 Å². The SMILES string of the molecule is CNC(=O)CN1CCC(NC(=O)c2ccccc2OC(F)F)CC1. The summed E-state index contributed by atoms with van der Waals surface area (Å²) in [6, 6.07) is 5.87. The average Bonchev–Trinajstić information content (AvgIpc) is 2.56. The number of rotatable bonds is 6. The number of nitrogens with zero attached hydrogens (tertiary/aromatic N) is 1. The summed E-state index contributed by atoms with van der Waals surface area (Å²) >= 11 is 0. The van der Waals surface area contributed by atoms with E-state index in [1.807, 2.05) is 4.90 Å². The summed E-state index contributed by atoms with van der Waals surface area (Å²) in [6.07, 6.45) is 1.39. The fourth-order valence-electron chi connectivity index (χ4n) is 2.63. The number of halogens is 2. The Morgan fingerprint density at radius 1 is 1.29 bits per heavy atom. The molecule has 2 rings (SSSR count). The molecule has 0 saturated carbocycles. The van der Waals surface area contributed by atoms with Crippen LogP contribution in [0.2, 0.25) is 0 Å². The van der Waals surface area contributed by atoms with Crippen molar-refractivity contribution in [2.45, 2.75) is 25.5 Å². The number of ether oxygens (including phenoxy) is 1. The molecule has 0 aliphatic carbocycles. The van der Waals surface area contributed by atoms with Crippen molar-refractivity contribution in [1.29, 1.82) is 0 Å². The van der Waals surface area contributed by atoms with Crippen molar-refractivity contribution >= 4 is 11.8 Å². The van der Waals surface area contributed by atoms with Crippen LogP contribution in [-0.4, -0.2) is 56.0 Å². The van der Waals surface area contributed by atoms with Gasteiger partial charge in [0.1, 0.15) is 5.75 Å². The van der Waals surface area contributed by atoms with Crippen molar-refractivity contribution < 1.29 is 23.1 Å². The summed E-state index contributed by atoms with van der Waals surface area (Å²) < 4.78 is 29.2. The smallest absolute Gasteiger partial charge is 0.387 e. The van der Waals surface area contributed by atoms with Crippen LogP contribution in [0, 0.1) is 0 Å². The Balaban J connectivity index is 1.89. The fourth-order valence-corrected chi connectivity index (χ4v) is 2.63. The van der Waals surface area contributed by atoms with Gasteiger partial charge in [-0.1, -0.05) is 12.1 Å². The van der Waals surface area contributed by atoms with Gasteiger partial charge in [0, 0.05) is 26.2 Å². The van der Waals surface area contributed by atoms with Crippen LogP contribution >= 0.6 is 0 Å². The van der Waals surface area contributed by atoms with E-state index in [1.54, 1.807) is 13.1 Å². The summed E-state index contributed by atoms with van der Waals surface area (Å²) in [6.45, 7) is -1.27. The van der Waals surface area contributed by atoms with E-state index in [-0.39, 0.29) is 23.3 Å². The highest BCUT2D eigenvalue weighted by Crippen LogP contribution is 2.21. The number of likely N-dealkylation sites (tertiary alicyclic amines) is 1. The number of amides is 2. The zero-order valence-electron chi connectivity index (χ0n) is 13.4. The van der Waals surface area contributed by atoms with E-state index in [4.69, 9.17) is 0 Å². The summed E-state index contributed by atoms with van der Waals surface area (Å²) in [4.78, 5) is 25.7. The molecule has 24 heavy (non-hydrogen) atoms. The van der Waals surface area contributed by atoms with Crippen LogP contribution in [0.1, 0.15) is 23.2 Å². The summed E-state index contributed by atoms with van der Waals surface area (Å²) in [5.74, 6) is -0.617. The van der Waals surface area contributed by atoms with E-state index in [9.17, 15) is 18.4 Å². The summed E-state index contributed by atoms with van der Waals surface area (Å²) in [5.41, 5.74) is 0.0885. The molecule has 132 valence electrons. The molecule has 8 heteroatoms. The third-order valence-corrected chi connectivity index (χ3v) is 3.92. The number of para-hydroxylation sites is 1. The highest BCUT2D eigenvalue weighted by Gasteiger charge is 2.23. The van der Waals surface area contributed by atoms with E-state index in [2.05, 4.69) is 15.4 Å². The van der Waals surface area contributed by atoms with Crippen molar-refractivity contribution in [2.75, 3.05) is 26.7 Å². The minimum atomic E-state index is -2.98. The van der Waals surface area contributed by atoms with Gasteiger partial charge >= 0.3 is 6.61 Å². The molecule has 1 aliphatic rings. The van der Waals surface area contributed by atoms with Gasteiger partial charge < -0.3 is 15.4 Å². The van der Waals surface area contributed by atoms with Gasteiger partial charge in [-0.3, -0.25) is 14.5 Å². The first-order valence-corrected chi connectivity index (χ1v) is 7.77. The Morgan fingerprint density at radius 2 is 1.96 bits per heavy atom. The summed E-state index contributed by atoms with van der Waals surface area (Å²) in [5, 5.41) is 5.42. The molecule has 2 amide bonds. The molecule has 1 saturated heterocycles. The van der Waals surface area contributed by atoms with Gasteiger partial charge in [-0.2, -0.15) is 8.78 Å². The molecule has 1 aromatic carbocycles. The lowest BCUT2D eigenvalue weighted by molar-refractivity contribution is -0.122. The van der Waals surface area contributed by atoms with Crippen molar-refractivity contribution in [1.82, 2.24) is 15.5 Å². The predicted molar refractivity (Wildman–Crippen MR) is 84.1 cm³/mol. The van der Waals surface area contributed by atoms with Gasteiger partial charge in [0.2, 0.25) is 5.91 Å².